The predicted molar refractivity (Wildman–Crippen MR) is 77.3 cm³/mol. The van der Waals surface area contributed by atoms with Crippen molar-refractivity contribution in [2.24, 2.45) is 0 Å². The van der Waals surface area contributed by atoms with Gasteiger partial charge in [0.25, 0.3) is 0 Å². The molecule has 0 spiro atoms. The zero-order valence-corrected chi connectivity index (χ0v) is 12.4. The van der Waals surface area contributed by atoms with Crippen molar-refractivity contribution in [3.8, 4) is 0 Å². The van der Waals surface area contributed by atoms with E-state index in [4.69, 9.17) is 0 Å². The smallest absolute Gasteiger partial charge is 0.234 e. The van der Waals surface area contributed by atoms with E-state index in [0.29, 0.717) is 12.2 Å². The van der Waals surface area contributed by atoms with Crippen LogP contribution in [-0.2, 0) is 16.4 Å². The van der Waals surface area contributed by atoms with Crippen LogP contribution in [0.5, 0.6) is 0 Å². The number of hydrogen-bond donors (Lipinski definition) is 1. The Labute approximate surface area is 120 Å². The molecule has 0 saturated heterocycles. The lowest BCUT2D eigenvalue weighted by atomic mass is 10.2. The summed E-state index contributed by atoms with van der Waals surface area (Å²) in [6.07, 6.45) is 5.26. The molecule has 1 N–H and O–H groups in total. The molecule has 2 aromatic heterocycles. The minimum Gasteiger partial charge on any atom is -0.267 e. The van der Waals surface area contributed by atoms with Gasteiger partial charge < -0.3 is 0 Å². The fourth-order valence-electron chi connectivity index (χ4n) is 1.47. The molecule has 100 valence electrons. The van der Waals surface area contributed by atoms with Crippen molar-refractivity contribution in [3.63, 3.8) is 0 Å². The second-order valence-corrected chi connectivity index (χ2v) is 6.64. The molecule has 19 heavy (non-hydrogen) atoms. The first kappa shape index (κ1) is 14.0. The van der Waals surface area contributed by atoms with Crippen LogP contribution in [0.2, 0.25) is 0 Å². The molecule has 0 bridgehead atoms. The summed E-state index contributed by atoms with van der Waals surface area (Å²) in [7, 11) is -3.40. The zero-order chi connectivity index (χ0) is 13.7. The molecule has 0 aromatic carbocycles. The number of pyridine rings is 2. The van der Waals surface area contributed by atoms with E-state index in [-0.39, 0.29) is 5.75 Å². The van der Waals surface area contributed by atoms with Gasteiger partial charge in [0.1, 0.15) is 5.82 Å². The highest BCUT2D eigenvalue weighted by Gasteiger charge is 2.11. The first-order chi connectivity index (χ1) is 9.05. The maximum atomic E-state index is 11.9. The van der Waals surface area contributed by atoms with Gasteiger partial charge in [0, 0.05) is 23.1 Å². The van der Waals surface area contributed by atoms with Crippen molar-refractivity contribution in [1.29, 1.82) is 0 Å². The molecule has 0 unspecified atom stereocenters. The summed E-state index contributed by atoms with van der Waals surface area (Å²) in [5.74, 6) is 0.315. The maximum Gasteiger partial charge on any atom is 0.234 e. The van der Waals surface area contributed by atoms with Gasteiger partial charge in [-0.3, -0.25) is 9.71 Å². The summed E-state index contributed by atoms with van der Waals surface area (Å²) < 4.78 is 27.0. The molecule has 0 radical (unpaired) electrons. The summed E-state index contributed by atoms with van der Waals surface area (Å²) >= 11 is 3.26. The standard InChI is InChI=1S/C12H12BrN3O2S/c13-11-3-7-15-12(9-11)16-19(17,18)8-4-10-1-5-14-6-2-10/h1-3,5-7,9H,4,8H2,(H,15,16). The normalized spacial score (nSPS) is 11.2. The van der Waals surface area contributed by atoms with Crippen LogP contribution >= 0.6 is 15.9 Å². The van der Waals surface area contributed by atoms with Crippen molar-refractivity contribution in [3.05, 3.63) is 52.9 Å². The second-order valence-electron chi connectivity index (χ2n) is 3.89. The van der Waals surface area contributed by atoms with Gasteiger partial charge in [0.2, 0.25) is 10.0 Å². The van der Waals surface area contributed by atoms with Crippen LogP contribution in [0.25, 0.3) is 0 Å². The average Bonchev–Trinajstić information content (AvgIpc) is 2.37. The molecule has 0 saturated carbocycles. The van der Waals surface area contributed by atoms with Crippen LogP contribution in [0.4, 0.5) is 5.82 Å². The highest BCUT2D eigenvalue weighted by Crippen LogP contribution is 2.14. The third kappa shape index (κ3) is 4.60. The Balaban J connectivity index is 1.99. The number of nitrogens with one attached hydrogen (secondary N) is 1. The van der Waals surface area contributed by atoms with Crippen LogP contribution < -0.4 is 4.72 Å². The van der Waals surface area contributed by atoms with Gasteiger partial charge in [-0.25, -0.2) is 13.4 Å². The third-order valence-electron chi connectivity index (χ3n) is 2.39. The molecular formula is C12H12BrN3O2S. The Bertz CT molecular complexity index is 647. The monoisotopic (exact) mass is 341 g/mol. The van der Waals surface area contributed by atoms with Crippen LogP contribution in [-0.4, -0.2) is 24.1 Å². The van der Waals surface area contributed by atoms with E-state index < -0.39 is 10.0 Å². The number of aryl methyl sites for hydroxylation is 1. The Morgan fingerprint density at radius 1 is 1.16 bits per heavy atom. The lowest BCUT2D eigenvalue weighted by molar-refractivity contribution is 0.600. The third-order valence-corrected chi connectivity index (χ3v) is 4.15. The first-order valence-electron chi connectivity index (χ1n) is 5.56. The molecular weight excluding hydrogens is 330 g/mol. The SMILES string of the molecule is O=S(=O)(CCc1ccncc1)Nc1cc(Br)ccn1. The van der Waals surface area contributed by atoms with E-state index >= 15 is 0 Å². The molecule has 0 aliphatic rings. The van der Waals surface area contributed by atoms with E-state index in [1.807, 2.05) is 0 Å². The van der Waals surface area contributed by atoms with Gasteiger partial charge in [-0.1, -0.05) is 15.9 Å². The van der Waals surface area contributed by atoms with E-state index in [0.717, 1.165) is 10.0 Å². The predicted octanol–water partition coefficient (Wildman–Crippen LogP) is 2.22. The number of sulfonamides is 1. The Hall–Kier alpha value is -1.47. The van der Waals surface area contributed by atoms with Gasteiger partial charge in [-0.15, -0.1) is 0 Å². The van der Waals surface area contributed by atoms with Gasteiger partial charge >= 0.3 is 0 Å². The lowest BCUT2D eigenvalue weighted by Gasteiger charge is -2.07. The molecule has 5 nitrogen and oxygen atoms in total. The zero-order valence-electron chi connectivity index (χ0n) is 9.95. The molecule has 7 heteroatoms. The average molecular weight is 342 g/mol. The lowest BCUT2D eigenvalue weighted by Crippen LogP contribution is -2.18. The molecule has 0 fully saturated rings. The summed E-state index contributed by atoms with van der Waals surface area (Å²) in [4.78, 5) is 7.84. The Morgan fingerprint density at radius 2 is 1.89 bits per heavy atom. The topological polar surface area (TPSA) is 72.0 Å². The quantitative estimate of drug-likeness (QED) is 0.904. The summed E-state index contributed by atoms with van der Waals surface area (Å²) in [6, 6.07) is 6.94. The number of hydrogen-bond acceptors (Lipinski definition) is 4. The van der Waals surface area contributed by atoms with Crippen molar-refractivity contribution >= 4 is 31.8 Å². The number of rotatable bonds is 5. The Morgan fingerprint density at radius 3 is 2.58 bits per heavy atom. The molecule has 0 aliphatic heterocycles. The van der Waals surface area contributed by atoms with Gasteiger partial charge in [-0.05, 0) is 36.2 Å². The molecule has 0 amide bonds. The highest BCUT2D eigenvalue weighted by molar-refractivity contribution is 9.10. The number of anilines is 1. The van der Waals surface area contributed by atoms with Gasteiger partial charge in [0.05, 0.1) is 5.75 Å². The van der Waals surface area contributed by atoms with Gasteiger partial charge in [-0.2, -0.15) is 0 Å². The van der Waals surface area contributed by atoms with Crippen molar-refractivity contribution < 1.29 is 8.42 Å². The molecule has 2 aromatic rings. The number of halogens is 1. The summed E-state index contributed by atoms with van der Waals surface area (Å²) in [5.41, 5.74) is 0.933. The van der Waals surface area contributed by atoms with Crippen molar-refractivity contribution in [2.45, 2.75) is 6.42 Å². The van der Waals surface area contributed by atoms with E-state index in [2.05, 4.69) is 30.6 Å². The van der Waals surface area contributed by atoms with Crippen molar-refractivity contribution in [2.75, 3.05) is 10.5 Å². The fourth-order valence-corrected chi connectivity index (χ4v) is 2.84. The number of aromatic nitrogens is 2. The molecule has 0 aliphatic carbocycles. The molecule has 2 rings (SSSR count). The number of nitrogens with zero attached hydrogens (tertiary/aromatic N) is 2. The largest absolute Gasteiger partial charge is 0.267 e. The minimum absolute atomic E-state index is 0.00517. The highest BCUT2D eigenvalue weighted by atomic mass is 79.9. The van der Waals surface area contributed by atoms with Crippen LogP contribution in [0.3, 0.4) is 0 Å². The van der Waals surface area contributed by atoms with E-state index in [1.54, 1.807) is 36.7 Å². The van der Waals surface area contributed by atoms with E-state index in [9.17, 15) is 8.42 Å². The summed E-state index contributed by atoms with van der Waals surface area (Å²) in [5, 5.41) is 0. The molecule has 0 atom stereocenters. The fraction of sp³-hybridized carbons (Fsp3) is 0.167. The Kier molecular flexibility index (Phi) is 4.49. The molecule has 2 heterocycles. The second kappa shape index (κ2) is 6.12. The first-order valence-corrected chi connectivity index (χ1v) is 8.01. The van der Waals surface area contributed by atoms with Crippen LogP contribution in [0.15, 0.2) is 47.3 Å². The maximum absolute atomic E-state index is 11.9. The minimum atomic E-state index is -3.40. The van der Waals surface area contributed by atoms with Crippen LogP contribution in [0.1, 0.15) is 5.56 Å². The van der Waals surface area contributed by atoms with Crippen molar-refractivity contribution in [1.82, 2.24) is 9.97 Å². The summed E-state index contributed by atoms with van der Waals surface area (Å²) in [6.45, 7) is 0. The van der Waals surface area contributed by atoms with Gasteiger partial charge in [0.15, 0.2) is 0 Å². The van der Waals surface area contributed by atoms with E-state index in [1.165, 1.54) is 6.20 Å². The van der Waals surface area contributed by atoms with Crippen LogP contribution in [0, 0.1) is 0 Å².